The first-order valence-electron chi connectivity index (χ1n) is 10.0. The Kier molecular flexibility index (Phi) is 5.40. The zero-order valence-corrected chi connectivity index (χ0v) is 17.3. The predicted molar refractivity (Wildman–Crippen MR) is 117 cm³/mol. The van der Waals surface area contributed by atoms with Crippen molar-refractivity contribution in [1.29, 1.82) is 0 Å². The molecular weight excluding hydrogens is 378 g/mol. The summed E-state index contributed by atoms with van der Waals surface area (Å²) in [6, 6.07) is 14.1. The summed E-state index contributed by atoms with van der Waals surface area (Å²) in [5.41, 5.74) is 8.31. The minimum Gasteiger partial charge on any atom is -0.465 e. The molecule has 0 spiro atoms. The highest BCUT2D eigenvalue weighted by atomic mass is 16.5. The Bertz CT molecular complexity index is 1040. The van der Waals surface area contributed by atoms with Crippen LogP contribution in [0.15, 0.2) is 59.7 Å². The number of esters is 1. The number of methoxy groups -OCH3 is 1. The third-order valence-electron chi connectivity index (χ3n) is 5.85. The summed E-state index contributed by atoms with van der Waals surface area (Å²) in [5.74, 6) is 0.186. The fourth-order valence-electron chi connectivity index (χ4n) is 4.32. The predicted octanol–water partition coefficient (Wildman–Crippen LogP) is 4.16. The van der Waals surface area contributed by atoms with E-state index >= 15 is 0 Å². The van der Waals surface area contributed by atoms with Crippen LogP contribution < -0.4 is 10.7 Å². The van der Waals surface area contributed by atoms with Crippen molar-refractivity contribution in [2.75, 3.05) is 12.4 Å². The van der Waals surface area contributed by atoms with E-state index in [1.807, 2.05) is 37.3 Å². The van der Waals surface area contributed by atoms with Crippen molar-refractivity contribution in [1.82, 2.24) is 5.43 Å². The molecule has 0 aromatic heterocycles. The van der Waals surface area contributed by atoms with E-state index in [-0.39, 0.29) is 17.9 Å². The summed E-state index contributed by atoms with van der Waals surface area (Å²) in [7, 11) is 1.39. The molecule has 2 aliphatic rings. The number of nitrogens with zero attached hydrogens (tertiary/aromatic N) is 1. The average molecular weight is 403 g/mol. The largest absolute Gasteiger partial charge is 0.465 e. The Morgan fingerprint density at radius 1 is 1.10 bits per heavy atom. The minimum atomic E-state index is -0.326. The highest BCUT2D eigenvalue weighted by molar-refractivity contribution is 5.99. The van der Waals surface area contributed by atoms with Crippen molar-refractivity contribution >= 4 is 23.3 Å². The van der Waals surface area contributed by atoms with Gasteiger partial charge in [-0.05, 0) is 60.2 Å². The maximum absolute atomic E-state index is 11.7. The number of hydrazone groups is 1. The quantitative estimate of drug-likeness (QED) is 0.348. The van der Waals surface area contributed by atoms with E-state index in [1.54, 1.807) is 0 Å². The van der Waals surface area contributed by atoms with E-state index in [9.17, 15) is 9.59 Å². The Labute approximate surface area is 176 Å². The fourth-order valence-corrected chi connectivity index (χ4v) is 4.32. The molecule has 4 rings (SSSR count). The molecule has 2 aromatic rings. The lowest BCUT2D eigenvalue weighted by Crippen LogP contribution is -2.29. The van der Waals surface area contributed by atoms with Crippen LogP contribution >= 0.6 is 0 Å². The maximum Gasteiger partial charge on any atom is 0.337 e. The van der Waals surface area contributed by atoms with Crippen LogP contribution in [-0.2, 0) is 9.53 Å². The van der Waals surface area contributed by atoms with Gasteiger partial charge in [0.05, 0.1) is 24.4 Å². The standard InChI is InChI=1S/C24H25N3O3/c1-14(26-27-15(2)28)18-11-12-22-21(13-18)19-5-4-6-20(19)23(25-22)16-7-9-17(10-8-16)24(29)30-3/h4-5,7-13,19-20,23,25H,6H2,1-3H3,(H,27,28)/b26-14-/t19-,20+,23+/m1/s1. The topological polar surface area (TPSA) is 79.8 Å². The van der Waals surface area contributed by atoms with Crippen molar-refractivity contribution in [3.63, 3.8) is 0 Å². The normalized spacial score (nSPS) is 22.0. The maximum atomic E-state index is 11.7. The molecule has 1 heterocycles. The number of fused-ring (bicyclic) bond motifs is 3. The lowest BCUT2D eigenvalue weighted by atomic mass is 9.76. The summed E-state index contributed by atoms with van der Waals surface area (Å²) in [4.78, 5) is 22.9. The number of benzene rings is 2. The SMILES string of the molecule is COC(=O)c1ccc([C@@H]2Nc3ccc(/C(C)=N\NC(C)=O)cc3[C@@H]3C=CC[C@@H]32)cc1. The van der Waals surface area contributed by atoms with Gasteiger partial charge in [-0.15, -0.1) is 0 Å². The van der Waals surface area contributed by atoms with Gasteiger partial charge < -0.3 is 10.1 Å². The summed E-state index contributed by atoms with van der Waals surface area (Å²) in [6.07, 6.45) is 5.51. The van der Waals surface area contributed by atoms with Crippen LogP contribution in [0.4, 0.5) is 5.69 Å². The summed E-state index contributed by atoms with van der Waals surface area (Å²) < 4.78 is 4.80. The van der Waals surface area contributed by atoms with Crippen LogP contribution in [0.2, 0.25) is 0 Å². The van der Waals surface area contributed by atoms with Gasteiger partial charge >= 0.3 is 5.97 Å². The first-order valence-corrected chi connectivity index (χ1v) is 10.0. The fraction of sp³-hybridized carbons (Fsp3) is 0.292. The number of rotatable bonds is 4. The first kappa shape index (κ1) is 19.9. The van der Waals surface area contributed by atoms with E-state index < -0.39 is 0 Å². The molecule has 0 radical (unpaired) electrons. The van der Waals surface area contributed by atoms with Gasteiger partial charge in [0.2, 0.25) is 5.91 Å². The molecule has 1 aliphatic carbocycles. The smallest absolute Gasteiger partial charge is 0.337 e. The van der Waals surface area contributed by atoms with E-state index in [0.717, 1.165) is 28.9 Å². The van der Waals surface area contributed by atoms with E-state index in [4.69, 9.17) is 4.74 Å². The van der Waals surface area contributed by atoms with Crippen LogP contribution in [0.5, 0.6) is 0 Å². The number of anilines is 1. The molecule has 3 atom stereocenters. The van der Waals surface area contributed by atoms with Gasteiger partial charge in [-0.2, -0.15) is 5.10 Å². The molecule has 6 heteroatoms. The lowest BCUT2D eigenvalue weighted by molar-refractivity contribution is -0.118. The second-order valence-electron chi connectivity index (χ2n) is 7.76. The highest BCUT2D eigenvalue weighted by Gasteiger charge is 2.38. The molecule has 0 saturated heterocycles. The van der Waals surface area contributed by atoms with Crippen LogP contribution in [0.1, 0.15) is 59.3 Å². The number of nitrogens with one attached hydrogen (secondary N) is 2. The third kappa shape index (κ3) is 3.73. The molecule has 154 valence electrons. The number of hydrogen-bond donors (Lipinski definition) is 2. The number of ether oxygens (including phenoxy) is 1. The van der Waals surface area contributed by atoms with Crippen molar-refractivity contribution in [3.8, 4) is 0 Å². The van der Waals surface area contributed by atoms with Crippen LogP contribution in [0.25, 0.3) is 0 Å². The zero-order chi connectivity index (χ0) is 21.3. The van der Waals surface area contributed by atoms with E-state index in [2.05, 4.69) is 40.1 Å². The van der Waals surface area contributed by atoms with Gasteiger partial charge in [0.15, 0.2) is 0 Å². The average Bonchev–Trinajstić information content (AvgIpc) is 3.26. The minimum absolute atomic E-state index is 0.157. The van der Waals surface area contributed by atoms with Gasteiger partial charge in [0.25, 0.3) is 0 Å². The lowest BCUT2D eigenvalue weighted by Gasteiger charge is -2.37. The monoisotopic (exact) mass is 403 g/mol. The van der Waals surface area contributed by atoms with Crippen molar-refractivity contribution < 1.29 is 14.3 Å². The summed E-state index contributed by atoms with van der Waals surface area (Å²) in [6.45, 7) is 3.33. The highest BCUT2D eigenvalue weighted by Crippen LogP contribution is 2.49. The van der Waals surface area contributed by atoms with Crippen LogP contribution in [0.3, 0.4) is 0 Å². The molecule has 6 nitrogen and oxygen atoms in total. The summed E-state index contributed by atoms with van der Waals surface area (Å²) >= 11 is 0. The van der Waals surface area contributed by atoms with Gasteiger partial charge in [-0.25, -0.2) is 10.2 Å². The third-order valence-corrected chi connectivity index (χ3v) is 5.85. The number of allylic oxidation sites excluding steroid dienone is 2. The number of amides is 1. The Balaban J connectivity index is 1.64. The Morgan fingerprint density at radius 2 is 1.83 bits per heavy atom. The van der Waals surface area contributed by atoms with Crippen molar-refractivity contribution in [2.45, 2.75) is 32.2 Å². The molecule has 30 heavy (non-hydrogen) atoms. The second kappa shape index (κ2) is 8.14. The molecular formula is C24H25N3O3. The van der Waals surface area contributed by atoms with Crippen LogP contribution in [-0.4, -0.2) is 24.7 Å². The number of hydrogen-bond acceptors (Lipinski definition) is 5. The zero-order valence-electron chi connectivity index (χ0n) is 17.3. The molecule has 1 amide bonds. The molecule has 0 saturated carbocycles. The molecule has 0 fully saturated rings. The van der Waals surface area contributed by atoms with Gasteiger partial charge in [-0.3, -0.25) is 4.79 Å². The van der Waals surface area contributed by atoms with Gasteiger partial charge in [0.1, 0.15) is 0 Å². The van der Waals surface area contributed by atoms with Gasteiger partial charge in [0, 0.05) is 18.5 Å². The van der Waals surface area contributed by atoms with Crippen LogP contribution in [0, 0.1) is 5.92 Å². The molecule has 0 unspecified atom stereocenters. The molecule has 2 N–H and O–H groups in total. The van der Waals surface area contributed by atoms with E-state index in [1.165, 1.54) is 19.6 Å². The van der Waals surface area contributed by atoms with Gasteiger partial charge in [-0.1, -0.05) is 30.4 Å². The molecule has 0 bridgehead atoms. The van der Waals surface area contributed by atoms with Crippen molar-refractivity contribution in [2.24, 2.45) is 11.0 Å². The Hall–Kier alpha value is -3.41. The first-order chi connectivity index (χ1) is 14.5. The summed E-state index contributed by atoms with van der Waals surface area (Å²) in [5, 5.41) is 7.86. The number of carbonyl (C=O) groups excluding carboxylic acids is 2. The second-order valence-corrected chi connectivity index (χ2v) is 7.76. The molecule has 1 aliphatic heterocycles. The van der Waals surface area contributed by atoms with Crippen molar-refractivity contribution in [3.05, 3.63) is 76.9 Å². The van der Waals surface area contributed by atoms with E-state index in [0.29, 0.717) is 17.4 Å². The number of carbonyl (C=O) groups is 2. The Morgan fingerprint density at radius 3 is 2.53 bits per heavy atom. The molecule has 2 aromatic carbocycles.